The molecular formula is C15H16N2O4S. The Labute approximate surface area is 132 Å². The molecule has 1 aromatic heterocycles. The molecule has 2 aromatic rings. The number of nitrogens with one attached hydrogen (secondary N) is 1. The second-order valence-corrected chi connectivity index (χ2v) is 5.19. The minimum atomic E-state index is -0.474. The maximum atomic E-state index is 12.1. The van der Waals surface area contributed by atoms with Crippen LogP contribution in [-0.2, 0) is 16.1 Å². The van der Waals surface area contributed by atoms with Crippen LogP contribution in [0, 0.1) is 0 Å². The molecule has 0 aliphatic rings. The number of rotatable bonds is 6. The first-order chi connectivity index (χ1) is 10.6. The molecule has 0 unspecified atom stereocenters. The topological polar surface area (TPSA) is 77.5 Å². The van der Waals surface area contributed by atoms with E-state index in [1.165, 1.54) is 18.3 Å². The number of hydrogen-bond acceptors (Lipinski definition) is 6. The molecule has 0 saturated heterocycles. The summed E-state index contributed by atoms with van der Waals surface area (Å²) in [5.74, 6) is -0.172. The van der Waals surface area contributed by atoms with E-state index < -0.39 is 5.97 Å². The highest BCUT2D eigenvalue weighted by Gasteiger charge is 2.14. The summed E-state index contributed by atoms with van der Waals surface area (Å²) in [6.07, 6.45) is 0. The summed E-state index contributed by atoms with van der Waals surface area (Å²) in [6, 6.07) is 6.91. The number of carbonyl (C=O) groups excluding carboxylic acids is 2. The third-order valence-electron chi connectivity index (χ3n) is 2.59. The number of hydrogen-bond donors (Lipinski definition) is 1. The monoisotopic (exact) mass is 320 g/mol. The summed E-state index contributed by atoms with van der Waals surface area (Å²) in [7, 11) is 0. The predicted molar refractivity (Wildman–Crippen MR) is 83.1 cm³/mol. The number of aromatic nitrogens is 1. The van der Waals surface area contributed by atoms with E-state index in [0.29, 0.717) is 28.7 Å². The van der Waals surface area contributed by atoms with Gasteiger partial charge in [0.05, 0.1) is 12.3 Å². The molecule has 1 N–H and O–H groups in total. The number of nitrogens with zero attached hydrogens (tertiary/aromatic N) is 1. The van der Waals surface area contributed by atoms with E-state index in [4.69, 9.17) is 9.47 Å². The summed E-state index contributed by atoms with van der Waals surface area (Å²) in [5, 5.41) is 4.79. The third kappa shape index (κ3) is 4.29. The zero-order valence-electron chi connectivity index (χ0n) is 12.3. The Bertz CT molecular complexity index is 669. The SMILES string of the molecule is CCOc1ccccc1C(=O)OCc1csc(NC(C)=O)n1. The molecule has 0 bridgehead atoms. The van der Waals surface area contributed by atoms with Gasteiger partial charge in [-0.1, -0.05) is 12.1 Å². The van der Waals surface area contributed by atoms with E-state index >= 15 is 0 Å². The molecule has 6 nitrogen and oxygen atoms in total. The maximum Gasteiger partial charge on any atom is 0.342 e. The Morgan fingerprint density at radius 3 is 2.82 bits per heavy atom. The Hall–Kier alpha value is -2.41. The molecule has 1 heterocycles. The van der Waals surface area contributed by atoms with Gasteiger partial charge in [-0.25, -0.2) is 9.78 Å². The maximum absolute atomic E-state index is 12.1. The molecule has 0 spiro atoms. The number of carbonyl (C=O) groups is 2. The van der Waals surface area contributed by atoms with E-state index in [1.54, 1.807) is 29.6 Å². The molecule has 22 heavy (non-hydrogen) atoms. The molecule has 0 atom stereocenters. The van der Waals surface area contributed by atoms with Crippen molar-refractivity contribution in [1.29, 1.82) is 0 Å². The Kier molecular flexibility index (Phi) is 5.48. The molecule has 0 radical (unpaired) electrons. The number of anilines is 1. The summed E-state index contributed by atoms with van der Waals surface area (Å²) < 4.78 is 10.6. The molecule has 0 aliphatic carbocycles. The highest BCUT2D eigenvalue weighted by atomic mass is 32.1. The highest BCUT2D eigenvalue weighted by molar-refractivity contribution is 7.13. The highest BCUT2D eigenvalue weighted by Crippen LogP contribution is 2.20. The van der Waals surface area contributed by atoms with Crippen LogP contribution in [0.15, 0.2) is 29.6 Å². The van der Waals surface area contributed by atoms with E-state index in [0.717, 1.165) is 0 Å². The summed E-state index contributed by atoms with van der Waals surface area (Å²) >= 11 is 1.28. The molecule has 0 fully saturated rings. The van der Waals surface area contributed by atoms with Crippen molar-refractivity contribution in [3.63, 3.8) is 0 Å². The zero-order valence-corrected chi connectivity index (χ0v) is 13.1. The van der Waals surface area contributed by atoms with Gasteiger partial charge in [-0.05, 0) is 19.1 Å². The van der Waals surface area contributed by atoms with Crippen LogP contribution in [0.1, 0.15) is 29.9 Å². The normalized spacial score (nSPS) is 10.1. The zero-order chi connectivity index (χ0) is 15.9. The van der Waals surface area contributed by atoms with E-state index in [-0.39, 0.29) is 12.5 Å². The number of thiazole rings is 1. The molecular weight excluding hydrogens is 304 g/mol. The number of amides is 1. The summed E-state index contributed by atoms with van der Waals surface area (Å²) in [6.45, 7) is 3.76. The van der Waals surface area contributed by atoms with Gasteiger partial charge < -0.3 is 14.8 Å². The smallest absolute Gasteiger partial charge is 0.342 e. The number of para-hydroxylation sites is 1. The van der Waals surface area contributed by atoms with Gasteiger partial charge in [0, 0.05) is 12.3 Å². The fourth-order valence-electron chi connectivity index (χ4n) is 1.72. The van der Waals surface area contributed by atoms with Gasteiger partial charge in [-0.15, -0.1) is 11.3 Å². The molecule has 1 amide bonds. The van der Waals surface area contributed by atoms with Crippen LogP contribution in [0.25, 0.3) is 0 Å². The van der Waals surface area contributed by atoms with Crippen LogP contribution < -0.4 is 10.1 Å². The number of esters is 1. The lowest BCUT2D eigenvalue weighted by atomic mass is 10.2. The van der Waals surface area contributed by atoms with Crippen LogP contribution in [0.2, 0.25) is 0 Å². The van der Waals surface area contributed by atoms with Gasteiger partial charge in [-0.2, -0.15) is 0 Å². The first-order valence-electron chi connectivity index (χ1n) is 6.71. The minimum Gasteiger partial charge on any atom is -0.493 e. The first kappa shape index (κ1) is 16.0. The number of benzene rings is 1. The number of ether oxygens (including phenoxy) is 2. The van der Waals surface area contributed by atoms with Crippen molar-refractivity contribution < 1.29 is 19.1 Å². The van der Waals surface area contributed by atoms with Gasteiger partial charge in [0.15, 0.2) is 5.13 Å². The van der Waals surface area contributed by atoms with Crippen molar-refractivity contribution in [2.24, 2.45) is 0 Å². The first-order valence-corrected chi connectivity index (χ1v) is 7.59. The molecule has 2 rings (SSSR count). The third-order valence-corrected chi connectivity index (χ3v) is 3.40. The van der Waals surface area contributed by atoms with Crippen molar-refractivity contribution in [3.8, 4) is 5.75 Å². The Morgan fingerprint density at radius 1 is 1.32 bits per heavy atom. The van der Waals surface area contributed by atoms with Gasteiger partial charge in [0.2, 0.25) is 5.91 Å². The second kappa shape index (κ2) is 7.56. The molecule has 116 valence electrons. The molecule has 0 saturated carbocycles. The summed E-state index contributed by atoms with van der Waals surface area (Å²) in [5.41, 5.74) is 0.956. The van der Waals surface area contributed by atoms with Crippen molar-refractivity contribution in [2.45, 2.75) is 20.5 Å². The summed E-state index contributed by atoms with van der Waals surface area (Å²) in [4.78, 5) is 27.2. The molecule has 0 aliphatic heterocycles. The van der Waals surface area contributed by atoms with Crippen molar-refractivity contribution in [1.82, 2.24) is 4.98 Å². The van der Waals surface area contributed by atoms with Crippen LogP contribution in [0.4, 0.5) is 5.13 Å². The van der Waals surface area contributed by atoms with E-state index in [2.05, 4.69) is 10.3 Å². The fourth-order valence-corrected chi connectivity index (χ4v) is 2.46. The average Bonchev–Trinajstić information content (AvgIpc) is 2.92. The lowest BCUT2D eigenvalue weighted by molar-refractivity contribution is -0.114. The largest absolute Gasteiger partial charge is 0.493 e. The predicted octanol–water partition coefficient (Wildman–Crippen LogP) is 2.86. The fraction of sp³-hybridized carbons (Fsp3) is 0.267. The van der Waals surface area contributed by atoms with Crippen LogP contribution in [0.3, 0.4) is 0 Å². The second-order valence-electron chi connectivity index (χ2n) is 4.33. The van der Waals surface area contributed by atoms with Gasteiger partial charge in [-0.3, -0.25) is 4.79 Å². The van der Waals surface area contributed by atoms with Gasteiger partial charge in [0.25, 0.3) is 0 Å². The van der Waals surface area contributed by atoms with Gasteiger partial charge >= 0.3 is 5.97 Å². The van der Waals surface area contributed by atoms with E-state index in [9.17, 15) is 9.59 Å². The lowest BCUT2D eigenvalue weighted by Crippen LogP contribution is -2.08. The minimum absolute atomic E-state index is 0.0371. The van der Waals surface area contributed by atoms with E-state index in [1.807, 2.05) is 6.92 Å². The standard InChI is InChI=1S/C15H16N2O4S/c1-3-20-13-7-5-4-6-12(13)14(19)21-8-11-9-22-15(17-11)16-10(2)18/h4-7,9H,3,8H2,1-2H3,(H,16,17,18). The Morgan fingerprint density at radius 2 is 2.09 bits per heavy atom. The average molecular weight is 320 g/mol. The van der Waals surface area contributed by atoms with Crippen LogP contribution >= 0.6 is 11.3 Å². The van der Waals surface area contributed by atoms with Crippen molar-refractivity contribution in [3.05, 3.63) is 40.9 Å². The lowest BCUT2D eigenvalue weighted by Gasteiger charge is -2.09. The molecule has 1 aromatic carbocycles. The van der Waals surface area contributed by atoms with Crippen LogP contribution in [0.5, 0.6) is 5.75 Å². The molecule has 7 heteroatoms. The van der Waals surface area contributed by atoms with Crippen molar-refractivity contribution in [2.75, 3.05) is 11.9 Å². The van der Waals surface area contributed by atoms with Gasteiger partial charge in [0.1, 0.15) is 17.9 Å². The van der Waals surface area contributed by atoms with Crippen molar-refractivity contribution >= 4 is 28.3 Å². The Balaban J connectivity index is 1.98. The quantitative estimate of drug-likeness (QED) is 0.828. The van der Waals surface area contributed by atoms with Crippen LogP contribution in [-0.4, -0.2) is 23.5 Å².